The van der Waals surface area contributed by atoms with Crippen LogP contribution in [0.1, 0.15) is 115 Å². The highest BCUT2D eigenvalue weighted by Crippen LogP contribution is 2.23. The molecule has 0 bridgehead atoms. The van der Waals surface area contributed by atoms with Gasteiger partial charge in [-0.05, 0) is 83.9 Å². The van der Waals surface area contributed by atoms with Crippen LogP contribution in [0.4, 0.5) is 17.1 Å². The minimum Gasteiger partial charge on any atom is -0.497 e. The fraction of sp³-hybridized carbons (Fsp3) is 0.113. The molecule has 0 heterocycles. The molecule has 3 N–H and O–H groups in total. The van der Waals surface area contributed by atoms with Crippen LogP contribution in [-0.2, 0) is 4.79 Å². The number of nitrogens with two attached hydrogens (primary N) is 1. The molecular formula is C71H63N3O10. The first-order valence-electron chi connectivity index (χ1n) is 26.7. The van der Waals surface area contributed by atoms with E-state index < -0.39 is 0 Å². The molecule has 422 valence electrons. The number of carbonyl (C=O) groups excluding carboxylic acids is 9. The molecule has 0 aliphatic carbocycles. The summed E-state index contributed by atoms with van der Waals surface area (Å²) in [4.78, 5) is 110. The van der Waals surface area contributed by atoms with E-state index in [1.165, 1.54) is 6.92 Å². The number of ether oxygens (including phenoxy) is 1. The summed E-state index contributed by atoms with van der Waals surface area (Å²) in [5.74, 6) is -1.24. The third kappa shape index (κ3) is 19.2. The van der Waals surface area contributed by atoms with Crippen LogP contribution in [0.25, 0.3) is 11.1 Å². The third-order valence-electron chi connectivity index (χ3n) is 12.8. The number of benzene rings is 9. The summed E-state index contributed by atoms with van der Waals surface area (Å²) in [5, 5.41) is 2.60. The maximum atomic E-state index is 12.4. The van der Waals surface area contributed by atoms with E-state index in [1.54, 1.807) is 177 Å². The monoisotopic (exact) mass is 1120 g/mol. The largest absolute Gasteiger partial charge is 0.497 e. The van der Waals surface area contributed by atoms with Crippen LogP contribution >= 0.6 is 0 Å². The van der Waals surface area contributed by atoms with Crippen LogP contribution in [0.2, 0.25) is 0 Å². The predicted octanol–water partition coefficient (Wildman–Crippen LogP) is 13.9. The standard InChI is InChI=1S/C22H18O3.C17H15NO3.C17H17NO2.C15H13NO2/c1-25-20-13-11-19(12-14-20)22(24)15-21(23)18-9-7-17(8-10-18)16-5-3-2-4-6-16;1-12(19)18-15-10-6-5-9-14(15)17(21)11-16(20)13-7-3-2-4-8-13;1-18(2)15-10-8-14(9-11-15)17(20)12-16(19)13-6-4-3-5-7-13;16-13-9-5-4-8-12(13)15(18)10-14(17)11-6-2-1-3-7-11/h2-14H,15H2,1H3;2-10H,11H2,1H3,(H,18,19);3-11H,12H2,1-2H3;1-9H,10,16H2. The van der Waals surface area contributed by atoms with Crippen LogP contribution in [0.15, 0.2) is 243 Å². The van der Waals surface area contributed by atoms with Crippen LogP contribution in [0.3, 0.4) is 0 Å². The molecule has 0 radical (unpaired) electrons. The molecule has 0 atom stereocenters. The van der Waals surface area contributed by atoms with Crippen molar-refractivity contribution in [1.82, 2.24) is 0 Å². The lowest BCUT2D eigenvalue weighted by Gasteiger charge is -2.12. The summed E-state index contributed by atoms with van der Waals surface area (Å²) in [6.45, 7) is 1.37. The van der Waals surface area contributed by atoms with Gasteiger partial charge in [-0.15, -0.1) is 0 Å². The highest BCUT2D eigenvalue weighted by Gasteiger charge is 2.19. The van der Waals surface area contributed by atoms with Gasteiger partial charge in [-0.3, -0.25) is 43.2 Å². The Morgan fingerprint density at radius 1 is 0.357 bits per heavy atom. The number of hydrogen-bond acceptors (Lipinski definition) is 12. The predicted molar refractivity (Wildman–Crippen MR) is 330 cm³/mol. The molecule has 13 heteroatoms. The second-order valence-electron chi connectivity index (χ2n) is 19.1. The Kier molecular flexibility index (Phi) is 23.7. The van der Waals surface area contributed by atoms with Gasteiger partial charge in [0.25, 0.3) is 0 Å². The highest BCUT2D eigenvalue weighted by molar-refractivity contribution is 6.17. The molecule has 0 saturated carbocycles. The first-order valence-corrected chi connectivity index (χ1v) is 26.7. The van der Waals surface area contributed by atoms with E-state index in [0.29, 0.717) is 61.6 Å². The Bertz CT molecular complexity index is 3700. The van der Waals surface area contributed by atoms with Crippen molar-refractivity contribution in [2.45, 2.75) is 32.6 Å². The second-order valence-corrected chi connectivity index (χ2v) is 19.1. The van der Waals surface area contributed by atoms with Crippen molar-refractivity contribution in [3.63, 3.8) is 0 Å². The molecule has 9 aromatic rings. The molecular weight excluding hydrogens is 1050 g/mol. The Balaban J connectivity index is 0.000000181. The number of carbonyl (C=O) groups is 9. The first kappa shape index (κ1) is 62.4. The zero-order chi connectivity index (χ0) is 60.4. The number of nitrogen functional groups attached to an aromatic ring is 1. The number of nitrogens with one attached hydrogen (secondary N) is 1. The number of Topliss-reactive ketones (excluding diaryl/α,β-unsaturated/α-hetero) is 8. The minimum absolute atomic E-state index is 0.0919. The normalized spacial score (nSPS) is 10.1. The fourth-order valence-corrected chi connectivity index (χ4v) is 8.24. The molecule has 13 nitrogen and oxygen atoms in total. The number of methoxy groups -OCH3 is 1. The smallest absolute Gasteiger partial charge is 0.221 e. The quantitative estimate of drug-likeness (QED) is 0.0416. The van der Waals surface area contributed by atoms with Gasteiger partial charge in [-0.1, -0.05) is 170 Å². The van der Waals surface area contributed by atoms with Crippen molar-refractivity contribution in [1.29, 1.82) is 0 Å². The van der Waals surface area contributed by atoms with Crippen molar-refractivity contribution in [2.75, 3.05) is 37.2 Å². The van der Waals surface area contributed by atoms with Crippen LogP contribution < -0.4 is 20.7 Å². The van der Waals surface area contributed by atoms with E-state index in [9.17, 15) is 43.2 Å². The zero-order valence-electron chi connectivity index (χ0n) is 47.0. The molecule has 84 heavy (non-hydrogen) atoms. The van der Waals surface area contributed by atoms with Gasteiger partial charge in [0.2, 0.25) is 5.91 Å². The molecule has 0 fully saturated rings. The summed E-state index contributed by atoms with van der Waals surface area (Å²) in [7, 11) is 5.45. The average molecular weight is 1120 g/mol. The lowest BCUT2D eigenvalue weighted by atomic mass is 9.99. The summed E-state index contributed by atoms with van der Waals surface area (Å²) in [5.41, 5.74) is 13.7. The average Bonchev–Trinajstić information content (AvgIpc) is 3.62. The van der Waals surface area contributed by atoms with E-state index in [1.807, 2.05) is 91.8 Å². The maximum absolute atomic E-state index is 12.4. The van der Waals surface area contributed by atoms with Crippen molar-refractivity contribution in [3.8, 4) is 16.9 Å². The van der Waals surface area contributed by atoms with Gasteiger partial charge < -0.3 is 20.7 Å². The number of amides is 1. The van der Waals surface area contributed by atoms with Crippen molar-refractivity contribution >= 4 is 69.2 Å². The maximum Gasteiger partial charge on any atom is 0.221 e. The Hall–Kier alpha value is -10.8. The Labute approximate surface area is 488 Å². The Morgan fingerprint density at radius 2 is 0.667 bits per heavy atom. The van der Waals surface area contributed by atoms with Gasteiger partial charge in [-0.25, -0.2) is 0 Å². The number of hydrogen-bond donors (Lipinski definition) is 2. The van der Waals surface area contributed by atoms with Gasteiger partial charge in [0.05, 0.1) is 38.5 Å². The summed E-state index contributed by atoms with van der Waals surface area (Å²) >= 11 is 0. The van der Waals surface area contributed by atoms with Gasteiger partial charge in [0.15, 0.2) is 46.3 Å². The summed E-state index contributed by atoms with van der Waals surface area (Å²) in [6, 6.07) is 71.1. The van der Waals surface area contributed by atoms with Crippen LogP contribution in [0, 0.1) is 0 Å². The molecule has 0 saturated heterocycles. The first-order chi connectivity index (χ1) is 40.5. The molecule has 0 aliphatic heterocycles. The molecule has 0 spiro atoms. The van der Waals surface area contributed by atoms with Gasteiger partial charge >= 0.3 is 0 Å². The summed E-state index contributed by atoms with van der Waals surface area (Å²) in [6.07, 6.45) is -0.610. The lowest BCUT2D eigenvalue weighted by molar-refractivity contribution is -0.114. The topological polar surface area (TPSA) is 204 Å². The minimum atomic E-state index is -0.312. The van der Waals surface area contributed by atoms with Gasteiger partial charge in [0, 0.05) is 76.9 Å². The molecule has 9 rings (SSSR count). The molecule has 0 aliphatic rings. The SMILES string of the molecule is CC(=O)Nc1ccccc1C(=O)CC(=O)c1ccccc1.CN(C)c1ccc(C(=O)CC(=O)c2ccccc2)cc1.COc1ccc(C(=O)CC(=O)c2ccc(-c3ccccc3)cc2)cc1.Nc1ccccc1C(=O)CC(=O)c1ccccc1. The van der Waals surface area contributed by atoms with E-state index in [-0.39, 0.29) is 77.9 Å². The number of para-hydroxylation sites is 2. The zero-order valence-corrected chi connectivity index (χ0v) is 47.0. The molecule has 9 aromatic carbocycles. The van der Waals surface area contributed by atoms with E-state index >= 15 is 0 Å². The summed E-state index contributed by atoms with van der Waals surface area (Å²) < 4.78 is 5.07. The van der Waals surface area contributed by atoms with Crippen LogP contribution in [-0.4, -0.2) is 73.4 Å². The van der Waals surface area contributed by atoms with Gasteiger partial charge in [0.1, 0.15) is 5.75 Å². The lowest BCUT2D eigenvalue weighted by Crippen LogP contribution is -2.13. The number of anilines is 3. The van der Waals surface area contributed by atoms with Gasteiger partial charge in [-0.2, -0.15) is 0 Å². The highest BCUT2D eigenvalue weighted by atomic mass is 16.5. The molecule has 1 amide bonds. The number of nitrogens with zero attached hydrogens (tertiary/aromatic N) is 1. The van der Waals surface area contributed by atoms with Crippen molar-refractivity contribution in [2.24, 2.45) is 0 Å². The fourth-order valence-electron chi connectivity index (χ4n) is 8.24. The molecule has 0 aromatic heterocycles. The number of ketones is 8. The van der Waals surface area contributed by atoms with E-state index in [2.05, 4.69) is 5.32 Å². The van der Waals surface area contributed by atoms with E-state index in [0.717, 1.165) is 16.8 Å². The van der Waals surface area contributed by atoms with E-state index in [4.69, 9.17) is 10.5 Å². The Morgan fingerprint density at radius 3 is 1.06 bits per heavy atom. The third-order valence-corrected chi connectivity index (χ3v) is 12.8. The molecule has 0 unspecified atom stereocenters. The van der Waals surface area contributed by atoms with Crippen molar-refractivity contribution < 1.29 is 47.9 Å². The second kappa shape index (κ2) is 31.9. The van der Waals surface area contributed by atoms with Crippen LogP contribution in [0.5, 0.6) is 5.75 Å². The van der Waals surface area contributed by atoms with Crippen molar-refractivity contribution in [3.05, 3.63) is 287 Å². The number of rotatable bonds is 20.